The molecule has 1 amide bonds. The summed E-state index contributed by atoms with van der Waals surface area (Å²) in [6.45, 7) is 1.58. The number of nitrogen functional groups attached to an aromatic ring is 1. The van der Waals surface area contributed by atoms with Crippen LogP contribution in [0.25, 0.3) is 0 Å². The number of nitro benzene ring substituents is 1. The van der Waals surface area contributed by atoms with Crippen LogP contribution in [0.1, 0.15) is 29.6 Å². The standard InChI is InChI=1S/C14H20N4O3/c1-17-7-3-2-4-11(17)9-16-14(19)10-5-6-12(15)13(8-10)18(20)21/h5-6,8,11H,2-4,7,9,15H2,1H3,(H,16,19). The fourth-order valence-electron chi connectivity index (χ4n) is 2.56. The molecule has 7 nitrogen and oxygen atoms in total. The molecule has 0 saturated carbocycles. The van der Waals surface area contributed by atoms with Crippen LogP contribution in [-0.4, -0.2) is 41.9 Å². The molecular weight excluding hydrogens is 272 g/mol. The number of likely N-dealkylation sites (N-methyl/N-ethyl adjacent to an activating group) is 1. The summed E-state index contributed by atoms with van der Waals surface area (Å²) in [5, 5.41) is 13.7. The topological polar surface area (TPSA) is 102 Å². The van der Waals surface area contributed by atoms with E-state index in [0.717, 1.165) is 19.4 Å². The number of piperidine rings is 1. The Morgan fingerprint density at radius 1 is 1.52 bits per heavy atom. The molecule has 1 saturated heterocycles. The van der Waals surface area contributed by atoms with Crippen molar-refractivity contribution in [3.8, 4) is 0 Å². The Morgan fingerprint density at radius 2 is 2.29 bits per heavy atom. The molecule has 1 aromatic carbocycles. The Morgan fingerprint density at radius 3 is 2.95 bits per heavy atom. The highest BCUT2D eigenvalue weighted by Gasteiger charge is 2.20. The zero-order valence-electron chi connectivity index (χ0n) is 12.0. The minimum absolute atomic E-state index is 0.0589. The van der Waals surface area contributed by atoms with Crippen molar-refractivity contribution in [1.29, 1.82) is 0 Å². The van der Waals surface area contributed by atoms with E-state index in [4.69, 9.17) is 5.73 Å². The minimum Gasteiger partial charge on any atom is -0.393 e. The predicted molar refractivity (Wildman–Crippen MR) is 80.1 cm³/mol. The lowest BCUT2D eigenvalue weighted by molar-refractivity contribution is -0.383. The van der Waals surface area contributed by atoms with Gasteiger partial charge in [-0.05, 0) is 38.6 Å². The van der Waals surface area contributed by atoms with Crippen molar-refractivity contribution in [2.75, 3.05) is 25.9 Å². The molecule has 21 heavy (non-hydrogen) atoms. The molecule has 1 atom stereocenters. The van der Waals surface area contributed by atoms with Gasteiger partial charge in [0.15, 0.2) is 0 Å². The second-order valence-corrected chi connectivity index (χ2v) is 5.37. The number of likely N-dealkylation sites (tertiary alicyclic amines) is 1. The number of anilines is 1. The van der Waals surface area contributed by atoms with Gasteiger partial charge in [-0.3, -0.25) is 14.9 Å². The quantitative estimate of drug-likeness (QED) is 0.496. The van der Waals surface area contributed by atoms with Crippen molar-refractivity contribution in [2.45, 2.75) is 25.3 Å². The van der Waals surface area contributed by atoms with Gasteiger partial charge >= 0.3 is 0 Å². The maximum absolute atomic E-state index is 12.1. The number of nitrogens with one attached hydrogen (secondary N) is 1. The van der Waals surface area contributed by atoms with Gasteiger partial charge in [-0.1, -0.05) is 6.42 Å². The summed E-state index contributed by atoms with van der Waals surface area (Å²) in [6, 6.07) is 4.43. The van der Waals surface area contributed by atoms with E-state index in [-0.39, 0.29) is 22.8 Å². The average Bonchev–Trinajstić information content (AvgIpc) is 2.46. The van der Waals surface area contributed by atoms with Crippen molar-refractivity contribution in [3.63, 3.8) is 0 Å². The molecule has 3 N–H and O–H groups in total. The van der Waals surface area contributed by atoms with Crippen LogP contribution in [0.4, 0.5) is 11.4 Å². The first-order chi connectivity index (χ1) is 9.99. The first-order valence-electron chi connectivity index (χ1n) is 7.01. The third-order valence-electron chi connectivity index (χ3n) is 3.91. The number of rotatable bonds is 4. The molecule has 1 aromatic rings. The summed E-state index contributed by atoms with van der Waals surface area (Å²) in [6.07, 6.45) is 3.40. The smallest absolute Gasteiger partial charge is 0.292 e. The molecule has 1 aliphatic rings. The fourth-order valence-corrected chi connectivity index (χ4v) is 2.56. The van der Waals surface area contributed by atoms with Crippen LogP contribution in [0.2, 0.25) is 0 Å². The number of benzene rings is 1. The van der Waals surface area contributed by atoms with Crippen molar-refractivity contribution in [2.24, 2.45) is 0 Å². The van der Waals surface area contributed by atoms with Crippen LogP contribution in [0.5, 0.6) is 0 Å². The van der Waals surface area contributed by atoms with Crippen LogP contribution >= 0.6 is 0 Å². The lowest BCUT2D eigenvalue weighted by atomic mass is 10.0. The maximum atomic E-state index is 12.1. The van der Waals surface area contributed by atoms with Gasteiger partial charge in [0.2, 0.25) is 0 Å². The van der Waals surface area contributed by atoms with E-state index >= 15 is 0 Å². The highest BCUT2D eigenvalue weighted by molar-refractivity contribution is 5.95. The van der Waals surface area contributed by atoms with E-state index < -0.39 is 4.92 Å². The van der Waals surface area contributed by atoms with Gasteiger partial charge in [0.25, 0.3) is 11.6 Å². The molecule has 1 heterocycles. The van der Waals surface area contributed by atoms with Gasteiger partial charge in [0.1, 0.15) is 5.69 Å². The van der Waals surface area contributed by atoms with Crippen LogP contribution in [0.15, 0.2) is 18.2 Å². The lowest BCUT2D eigenvalue weighted by Crippen LogP contribution is -2.44. The molecule has 0 aromatic heterocycles. The summed E-state index contributed by atoms with van der Waals surface area (Å²) in [5.74, 6) is -0.308. The number of hydrogen-bond donors (Lipinski definition) is 2. The van der Waals surface area contributed by atoms with Gasteiger partial charge in [-0.15, -0.1) is 0 Å². The van der Waals surface area contributed by atoms with Crippen molar-refractivity contribution in [3.05, 3.63) is 33.9 Å². The minimum atomic E-state index is -0.582. The largest absolute Gasteiger partial charge is 0.393 e. The average molecular weight is 292 g/mol. The lowest BCUT2D eigenvalue weighted by Gasteiger charge is -2.32. The maximum Gasteiger partial charge on any atom is 0.292 e. The Hall–Kier alpha value is -2.15. The molecule has 114 valence electrons. The summed E-state index contributed by atoms with van der Waals surface area (Å²) in [7, 11) is 2.05. The van der Waals surface area contributed by atoms with Gasteiger partial charge in [0, 0.05) is 24.2 Å². The van der Waals surface area contributed by atoms with E-state index in [1.165, 1.54) is 24.6 Å². The molecule has 0 bridgehead atoms. The van der Waals surface area contributed by atoms with Crippen LogP contribution in [-0.2, 0) is 0 Å². The number of carbonyl (C=O) groups excluding carboxylic acids is 1. The summed E-state index contributed by atoms with van der Waals surface area (Å²) >= 11 is 0. The van der Waals surface area contributed by atoms with E-state index in [1.807, 2.05) is 7.05 Å². The van der Waals surface area contributed by atoms with Crippen molar-refractivity contribution >= 4 is 17.3 Å². The monoisotopic (exact) mass is 292 g/mol. The highest BCUT2D eigenvalue weighted by atomic mass is 16.6. The SMILES string of the molecule is CN1CCCCC1CNC(=O)c1ccc(N)c([N+](=O)[O-])c1. The first-order valence-corrected chi connectivity index (χ1v) is 7.01. The summed E-state index contributed by atoms with van der Waals surface area (Å²) < 4.78 is 0. The van der Waals surface area contributed by atoms with E-state index in [2.05, 4.69) is 10.2 Å². The first kappa shape index (κ1) is 15.2. The number of nitrogens with two attached hydrogens (primary N) is 1. The molecule has 1 aliphatic heterocycles. The molecule has 0 spiro atoms. The molecule has 7 heteroatoms. The number of carbonyl (C=O) groups is 1. The Labute approximate surface area is 123 Å². The van der Waals surface area contributed by atoms with E-state index in [9.17, 15) is 14.9 Å². The predicted octanol–water partition coefficient (Wildman–Crippen LogP) is 1.39. The molecule has 2 rings (SSSR count). The van der Waals surface area contributed by atoms with E-state index in [1.54, 1.807) is 0 Å². The molecular formula is C14H20N4O3. The second kappa shape index (κ2) is 6.53. The second-order valence-electron chi connectivity index (χ2n) is 5.37. The van der Waals surface area contributed by atoms with Gasteiger partial charge < -0.3 is 16.0 Å². The van der Waals surface area contributed by atoms with Gasteiger partial charge in [-0.25, -0.2) is 0 Å². The number of amides is 1. The zero-order chi connectivity index (χ0) is 15.4. The van der Waals surface area contributed by atoms with Crippen LogP contribution in [0, 0.1) is 10.1 Å². The molecule has 1 unspecified atom stereocenters. The number of nitro groups is 1. The molecule has 1 fully saturated rings. The zero-order valence-corrected chi connectivity index (χ0v) is 12.0. The molecule has 0 radical (unpaired) electrons. The van der Waals surface area contributed by atoms with Crippen LogP contribution in [0.3, 0.4) is 0 Å². The Bertz CT molecular complexity index is 547. The van der Waals surface area contributed by atoms with Gasteiger partial charge in [-0.2, -0.15) is 0 Å². The Kier molecular flexibility index (Phi) is 4.74. The van der Waals surface area contributed by atoms with Crippen molar-refractivity contribution < 1.29 is 9.72 Å². The normalized spacial score (nSPS) is 19.2. The van der Waals surface area contributed by atoms with Gasteiger partial charge in [0.05, 0.1) is 4.92 Å². The Balaban J connectivity index is 2.00. The number of hydrogen-bond acceptors (Lipinski definition) is 5. The number of nitrogens with zero attached hydrogens (tertiary/aromatic N) is 2. The highest BCUT2D eigenvalue weighted by Crippen LogP contribution is 2.22. The third kappa shape index (κ3) is 3.69. The third-order valence-corrected chi connectivity index (χ3v) is 3.91. The van der Waals surface area contributed by atoms with Crippen molar-refractivity contribution in [1.82, 2.24) is 10.2 Å². The summed E-state index contributed by atoms with van der Waals surface area (Å²) in [5.41, 5.74) is 5.60. The van der Waals surface area contributed by atoms with Crippen LogP contribution < -0.4 is 11.1 Å². The fraction of sp³-hybridized carbons (Fsp3) is 0.500. The summed E-state index contributed by atoms with van der Waals surface area (Å²) in [4.78, 5) is 24.6. The van der Waals surface area contributed by atoms with E-state index in [0.29, 0.717) is 12.6 Å². The molecule has 0 aliphatic carbocycles.